The number of piperidine rings is 1. The number of nitrogens with one attached hydrogen (secondary N) is 2. The van der Waals surface area contributed by atoms with Crippen LogP contribution in [0.25, 0.3) is 5.82 Å². The maximum Gasteiger partial charge on any atom is 0.229 e. The van der Waals surface area contributed by atoms with Crippen LogP contribution in [-0.2, 0) is 19.6 Å². The Hall–Kier alpha value is -2.86. The first-order valence-corrected chi connectivity index (χ1v) is 10.9. The molecule has 2 aromatic heterocycles. The van der Waals surface area contributed by atoms with Crippen LogP contribution in [0.3, 0.4) is 0 Å². The minimum absolute atomic E-state index is 0.125. The SMILES string of the molecule is Cc1nccn1-c1cc(NCCNS(=O)(=O)CCN2C(=O)CCCC2=O)ncn1. The maximum atomic E-state index is 12.1. The van der Waals surface area contributed by atoms with Gasteiger partial charge in [-0.3, -0.25) is 19.1 Å². The summed E-state index contributed by atoms with van der Waals surface area (Å²) in [5.74, 6) is 1.03. The summed E-state index contributed by atoms with van der Waals surface area (Å²) < 4.78 is 28.5. The van der Waals surface area contributed by atoms with Gasteiger partial charge in [-0.25, -0.2) is 28.1 Å². The van der Waals surface area contributed by atoms with Gasteiger partial charge in [0.2, 0.25) is 21.8 Å². The number of hydrogen-bond donors (Lipinski definition) is 2. The molecule has 0 radical (unpaired) electrons. The summed E-state index contributed by atoms with van der Waals surface area (Å²) >= 11 is 0. The second-order valence-electron chi connectivity index (χ2n) is 6.54. The Balaban J connectivity index is 1.45. The molecule has 11 nitrogen and oxygen atoms in total. The number of anilines is 1. The smallest absolute Gasteiger partial charge is 0.229 e. The molecular formula is C17H23N7O4S. The molecule has 0 aromatic carbocycles. The second-order valence-corrected chi connectivity index (χ2v) is 8.46. The van der Waals surface area contributed by atoms with E-state index in [1.165, 1.54) is 6.33 Å². The van der Waals surface area contributed by atoms with Crippen molar-refractivity contribution in [3.8, 4) is 5.82 Å². The molecule has 0 unspecified atom stereocenters. The number of aryl methyl sites for hydroxylation is 1. The van der Waals surface area contributed by atoms with Crippen LogP contribution in [0.1, 0.15) is 25.1 Å². The van der Waals surface area contributed by atoms with E-state index in [0.717, 1.165) is 10.7 Å². The number of nitrogens with zero attached hydrogens (tertiary/aromatic N) is 5. The van der Waals surface area contributed by atoms with Crippen molar-refractivity contribution in [1.29, 1.82) is 0 Å². The molecule has 0 bridgehead atoms. The van der Waals surface area contributed by atoms with E-state index >= 15 is 0 Å². The Kier molecular flexibility index (Phi) is 6.54. The van der Waals surface area contributed by atoms with Crippen LogP contribution in [0, 0.1) is 6.92 Å². The Morgan fingerprint density at radius 2 is 1.86 bits per heavy atom. The lowest BCUT2D eigenvalue weighted by atomic mass is 10.1. The monoisotopic (exact) mass is 421 g/mol. The van der Waals surface area contributed by atoms with E-state index in [4.69, 9.17) is 0 Å². The van der Waals surface area contributed by atoms with Crippen molar-refractivity contribution in [1.82, 2.24) is 29.1 Å². The number of imidazole rings is 1. The number of carbonyl (C=O) groups is 2. The standard InChI is InChI=1S/C17H23N7O4S/c1-13-18-7-8-23(13)15-11-14(20-12-21-15)19-5-6-22-29(27,28)10-9-24-16(25)3-2-4-17(24)26/h7-8,11-12,22H,2-6,9-10H2,1H3,(H,19,20,21). The fourth-order valence-corrected chi connectivity index (χ4v) is 3.91. The first kappa shape index (κ1) is 20.9. The molecule has 156 valence electrons. The number of likely N-dealkylation sites (tertiary alicyclic amines) is 1. The van der Waals surface area contributed by atoms with Crippen molar-refractivity contribution in [2.24, 2.45) is 0 Å². The van der Waals surface area contributed by atoms with Crippen molar-refractivity contribution in [2.45, 2.75) is 26.2 Å². The van der Waals surface area contributed by atoms with Crippen LogP contribution >= 0.6 is 0 Å². The Bertz CT molecular complexity index is 973. The summed E-state index contributed by atoms with van der Waals surface area (Å²) in [6.07, 6.45) is 5.95. The fourth-order valence-electron chi connectivity index (χ4n) is 2.93. The van der Waals surface area contributed by atoms with Gasteiger partial charge in [-0.2, -0.15) is 0 Å². The zero-order valence-corrected chi connectivity index (χ0v) is 16.9. The summed E-state index contributed by atoms with van der Waals surface area (Å²) in [6.45, 7) is 2.17. The average Bonchev–Trinajstić information content (AvgIpc) is 3.11. The molecule has 1 saturated heterocycles. The van der Waals surface area contributed by atoms with E-state index < -0.39 is 10.0 Å². The summed E-state index contributed by atoms with van der Waals surface area (Å²) in [6, 6.07) is 1.73. The zero-order chi connectivity index (χ0) is 20.9. The third-order valence-electron chi connectivity index (χ3n) is 4.45. The van der Waals surface area contributed by atoms with E-state index in [0.29, 0.717) is 24.6 Å². The van der Waals surface area contributed by atoms with E-state index in [2.05, 4.69) is 25.0 Å². The van der Waals surface area contributed by atoms with Crippen LogP contribution in [-0.4, -0.2) is 70.0 Å². The van der Waals surface area contributed by atoms with Gasteiger partial charge < -0.3 is 5.32 Å². The van der Waals surface area contributed by atoms with Gasteiger partial charge >= 0.3 is 0 Å². The van der Waals surface area contributed by atoms with Gasteiger partial charge in [0.1, 0.15) is 23.8 Å². The van der Waals surface area contributed by atoms with Gasteiger partial charge in [0, 0.05) is 50.9 Å². The van der Waals surface area contributed by atoms with Crippen molar-refractivity contribution in [2.75, 3.05) is 30.7 Å². The summed E-state index contributed by atoms with van der Waals surface area (Å²) in [7, 11) is -3.61. The van der Waals surface area contributed by atoms with E-state index in [9.17, 15) is 18.0 Å². The van der Waals surface area contributed by atoms with Gasteiger partial charge in [0.15, 0.2) is 0 Å². The molecular weight excluding hydrogens is 398 g/mol. The molecule has 1 aliphatic heterocycles. The quantitative estimate of drug-likeness (QED) is 0.421. The minimum Gasteiger partial charge on any atom is -0.369 e. The summed E-state index contributed by atoms with van der Waals surface area (Å²) in [5.41, 5.74) is 0. The Morgan fingerprint density at radius 3 is 2.55 bits per heavy atom. The highest BCUT2D eigenvalue weighted by atomic mass is 32.2. The zero-order valence-electron chi connectivity index (χ0n) is 16.0. The molecule has 12 heteroatoms. The normalized spacial score (nSPS) is 15.0. The lowest BCUT2D eigenvalue weighted by Crippen LogP contribution is -2.44. The first-order valence-electron chi connectivity index (χ1n) is 9.22. The number of imide groups is 1. The van der Waals surface area contributed by atoms with E-state index in [1.807, 2.05) is 6.92 Å². The molecule has 0 spiro atoms. The van der Waals surface area contributed by atoms with Crippen LogP contribution in [0.2, 0.25) is 0 Å². The number of carbonyl (C=O) groups excluding carboxylic acids is 2. The van der Waals surface area contributed by atoms with Gasteiger partial charge in [-0.05, 0) is 13.3 Å². The van der Waals surface area contributed by atoms with Crippen molar-refractivity contribution < 1.29 is 18.0 Å². The van der Waals surface area contributed by atoms with E-state index in [-0.39, 0.29) is 43.5 Å². The molecule has 0 atom stereocenters. The molecule has 2 amide bonds. The van der Waals surface area contributed by atoms with Crippen LogP contribution < -0.4 is 10.0 Å². The highest BCUT2D eigenvalue weighted by Gasteiger charge is 2.27. The van der Waals surface area contributed by atoms with Gasteiger partial charge in [-0.1, -0.05) is 0 Å². The van der Waals surface area contributed by atoms with E-state index in [1.54, 1.807) is 23.0 Å². The van der Waals surface area contributed by atoms with Crippen molar-refractivity contribution in [3.05, 3.63) is 30.6 Å². The fraction of sp³-hybridized carbons (Fsp3) is 0.471. The van der Waals surface area contributed by atoms with Crippen LogP contribution in [0.5, 0.6) is 0 Å². The summed E-state index contributed by atoms with van der Waals surface area (Å²) in [5, 5.41) is 3.03. The van der Waals surface area contributed by atoms with Crippen LogP contribution in [0.15, 0.2) is 24.8 Å². The average molecular weight is 421 g/mol. The number of amides is 2. The maximum absolute atomic E-state index is 12.1. The summed E-state index contributed by atoms with van der Waals surface area (Å²) in [4.78, 5) is 36.9. The lowest BCUT2D eigenvalue weighted by molar-refractivity contribution is -0.147. The predicted molar refractivity (Wildman–Crippen MR) is 105 cm³/mol. The number of hydrogen-bond acceptors (Lipinski definition) is 8. The Labute approximate surface area is 168 Å². The topological polar surface area (TPSA) is 139 Å². The molecule has 0 saturated carbocycles. The molecule has 2 aromatic rings. The number of rotatable bonds is 9. The molecule has 1 aliphatic rings. The molecule has 3 heterocycles. The van der Waals surface area contributed by atoms with Gasteiger partial charge in [-0.15, -0.1) is 0 Å². The van der Waals surface area contributed by atoms with Gasteiger partial charge in [0.05, 0.1) is 5.75 Å². The largest absolute Gasteiger partial charge is 0.369 e. The predicted octanol–water partition coefficient (Wildman–Crippen LogP) is -0.159. The number of aromatic nitrogens is 4. The van der Waals surface area contributed by atoms with Crippen molar-refractivity contribution in [3.63, 3.8) is 0 Å². The highest BCUT2D eigenvalue weighted by Crippen LogP contribution is 2.12. The highest BCUT2D eigenvalue weighted by molar-refractivity contribution is 7.89. The Morgan fingerprint density at radius 1 is 1.10 bits per heavy atom. The lowest BCUT2D eigenvalue weighted by Gasteiger charge is -2.24. The second kappa shape index (κ2) is 9.09. The molecule has 3 rings (SSSR count). The minimum atomic E-state index is -3.61. The third-order valence-corrected chi connectivity index (χ3v) is 5.81. The molecule has 1 fully saturated rings. The number of sulfonamides is 1. The molecule has 29 heavy (non-hydrogen) atoms. The van der Waals surface area contributed by atoms with Gasteiger partial charge in [0.25, 0.3) is 0 Å². The molecule has 2 N–H and O–H groups in total. The van der Waals surface area contributed by atoms with Crippen molar-refractivity contribution >= 4 is 27.7 Å². The first-order chi connectivity index (χ1) is 13.9. The third kappa shape index (κ3) is 5.57. The molecule has 0 aliphatic carbocycles. The van der Waals surface area contributed by atoms with Crippen LogP contribution in [0.4, 0.5) is 5.82 Å².